The number of hydrogen-bond donors (Lipinski definition) is 1. The predicted molar refractivity (Wildman–Crippen MR) is 94.8 cm³/mol. The zero-order valence-electron chi connectivity index (χ0n) is 15.4. The van der Waals surface area contributed by atoms with E-state index in [0.717, 1.165) is 19.3 Å². The summed E-state index contributed by atoms with van der Waals surface area (Å²) in [5.74, 6) is 0. The van der Waals surface area contributed by atoms with Gasteiger partial charge in [0, 0.05) is 26.2 Å². The van der Waals surface area contributed by atoms with Crippen LogP contribution < -0.4 is 4.72 Å². The van der Waals surface area contributed by atoms with E-state index >= 15 is 0 Å². The van der Waals surface area contributed by atoms with E-state index < -0.39 is 34.4 Å². The highest BCUT2D eigenvalue weighted by Gasteiger charge is 2.36. The quantitative estimate of drug-likeness (QED) is 0.561. The van der Waals surface area contributed by atoms with Crippen molar-refractivity contribution in [1.29, 1.82) is 0 Å². The molecule has 0 bridgehead atoms. The summed E-state index contributed by atoms with van der Waals surface area (Å²) in [5, 5.41) is 0. The van der Waals surface area contributed by atoms with Crippen molar-refractivity contribution < 1.29 is 22.6 Å². The third kappa shape index (κ3) is 7.57. The minimum absolute atomic E-state index is 0.0491. The van der Waals surface area contributed by atoms with E-state index in [1.54, 1.807) is 0 Å². The molecule has 0 rings (SSSR count). The fraction of sp³-hybridized carbons (Fsp3) is 0.933. The maximum absolute atomic E-state index is 12.4. The van der Waals surface area contributed by atoms with Gasteiger partial charge in [-0.2, -0.15) is 0 Å². The highest BCUT2D eigenvalue weighted by molar-refractivity contribution is 7.84. The van der Waals surface area contributed by atoms with Gasteiger partial charge >= 0.3 is 7.60 Å². The number of hydrogen-bond acceptors (Lipinski definition) is 5. The van der Waals surface area contributed by atoms with Gasteiger partial charge in [-0.05, 0) is 40.5 Å². The van der Waals surface area contributed by atoms with Crippen LogP contribution in [0.5, 0.6) is 0 Å². The van der Waals surface area contributed by atoms with Gasteiger partial charge in [0.05, 0.1) is 15.7 Å². The van der Waals surface area contributed by atoms with Crippen molar-refractivity contribution in [3.8, 4) is 0 Å². The van der Waals surface area contributed by atoms with Crippen LogP contribution in [-0.2, 0) is 29.4 Å². The van der Waals surface area contributed by atoms with Gasteiger partial charge in [-0.15, -0.1) is 0 Å². The Kier molecular flexibility index (Phi) is 9.39. The van der Waals surface area contributed by atoms with Crippen molar-refractivity contribution in [1.82, 2.24) is 4.72 Å². The summed E-state index contributed by atoms with van der Waals surface area (Å²) in [5.41, 5.74) is -1.02. The standard InChI is InChI=1S/C15H32NO5PS/c1-8-9-11-15(5,16-23(19)14(2,3)4)12-10-13(17)22(18,20-6)21-7/h16H,8-12H2,1-7H3/t15-,23?/m1/s1. The second-order valence-electron chi connectivity index (χ2n) is 6.90. The van der Waals surface area contributed by atoms with Crippen molar-refractivity contribution in [2.75, 3.05) is 14.2 Å². The second-order valence-corrected chi connectivity index (χ2v) is 11.1. The molecule has 0 spiro atoms. The fourth-order valence-electron chi connectivity index (χ4n) is 1.97. The highest BCUT2D eigenvalue weighted by Crippen LogP contribution is 2.48. The van der Waals surface area contributed by atoms with Gasteiger partial charge in [0.1, 0.15) is 0 Å². The predicted octanol–water partition coefficient (Wildman–Crippen LogP) is 3.78. The van der Waals surface area contributed by atoms with Gasteiger partial charge in [-0.25, -0.2) is 8.93 Å². The van der Waals surface area contributed by atoms with E-state index in [-0.39, 0.29) is 6.42 Å². The molecule has 0 aromatic rings. The summed E-state index contributed by atoms with van der Waals surface area (Å²) in [6.45, 7) is 9.71. The third-order valence-electron chi connectivity index (χ3n) is 3.65. The maximum Gasteiger partial charge on any atom is 0.396 e. The number of rotatable bonds is 11. The third-order valence-corrected chi connectivity index (χ3v) is 7.24. The maximum atomic E-state index is 12.4. The van der Waals surface area contributed by atoms with Crippen molar-refractivity contribution in [3.63, 3.8) is 0 Å². The van der Waals surface area contributed by atoms with Crippen molar-refractivity contribution in [2.24, 2.45) is 0 Å². The molecule has 0 saturated heterocycles. The SMILES string of the molecule is CCCC[C@](C)(CCC(=O)P(=O)(OC)OC)NS(=O)C(C)(C)C. The van der Waals surface area contributed by atoms with Crippen LogP contribution >= 0.6 is 7.60 Å². The minimum atomic E-state index is -3.69. The molecule has 8 heteroatoms. The minimum Gasteiger partial charge on any atom is -0.307 e. The van der Waals surface area contributed by atoms with Crippen molar-refractivity contribution in [3.05, 3.63) is 0 Å². The lowest BCUT2D eigenvalue weighted by Crippen LogP contribution is -2.48. The Bertz CT molecular complexity index is 455. The van der Waals surface area contributed by atoms with Gasteiger partial charge < -0.3 is 9.05 Å². The second kappa shape index (κ2) is 9.42. The van der Waals surface area contributed by atoms with Crippen molar-refractivity contribution in [2.45, 2.75) is 77.0 Å². The number of unbranched alkanes of at least 4 members (excludes halogenated alkanes) is 1. The average Bonchev–Trinajstić information content (AvgIpc) is 2.49. The molecule has 0 aliphatic carbocycles. The lowest BCUT2D eigenvalue weighted by molar-refractivity contribution is -0.114. The van der Waals surface area contributed by atoms with Crippen LogP contribution in [0.25, 0.3) is 0 Å². The Morgan fingerprint density at radius 1 is 1.13 bits per heavy atom. The van der Waals surface area contributed by atoms with Crippen LogP contribution in [-0.4, -0.2) is 34.2 Å². The van der Waals surface area contributed by atoms with Gasteiger partial charge in [-0.3, -0.25) is 9.36 Å². The molecule has 0 amide bonds. The molecule has 0 aromatic heterocycles. The lowest BCUT2D eigenvalue weighted by Gasteiger charge is -2.33. The van der Waals surface area contributed by atoms with Gasteiger partial charge in [-0.1, -0.05) is 19.8 Å². The Hall–Kier alpha value is -0.0700. The topological polar surface area (TPSA) is 81.7 Å². The van der Waals surface area contributed by atoms with Crippen LogP contribution in [0.15, 0.2) is 0 Å². The van der Waals surface area contributed by atoms with Gasteiger partial charge in [0.15, 0.2) is 0 Å². The van der Waals surface area contributed by atoms with Gasteiger partial charge in [0.25, 0.3) is 0 Å². The Morgan fingerprint density at radius 3 is 2.04 bits per heavy atom. The highest BCUT2D eigenvalue weighted by atomic mass is 32.2. The number of nitrogens with one attached hydrogen (secondary N) is 1. The summed E-state index contributed by atoms with van der Waals surface area (Å²) in [7, 11) is -2.54. The molecule has 2 atom stereocenters. The number of carbonyl (C=O) groups excluding carboxylic acids is 1. The monoisotopic (exact) mass is 369 g/mol. The van der Waals surface area contributed by atoms with Crippen LogP contribution in [0.3, 0.4) is 0 Å². The molecular formula is C15H32NO5PS. The molecule has 1 N–H and O–H groups in total. The summed E-state index contributed by atoms with van der Waals surface area (Å²) in [4.78, 5) is 12.1. The first-order valence-electron chi connectivity index (χ1n) is 7.88. The molecule has 0 aromatic carbocycles. The average molecular weight is 369 g/mol. The summed E-state index contributed by atoms with van der Waals surface area (Å²) in [6, 6.07) is 0. The Balaban J connectivity index is 5.01. The first kappa shape index (κ1) is 22.9. The molecule has 6 nitrogen and oxygen atoms in total. The largest absolute Gasteiger partial charge is 0.396 e. The molecule has 138 valence electrons. The molecule has 23 heavy (non-hydrogen) atoms. The van der Waals surface area contributed by atoms with E-state index in [2.05, 4.69) is 11.6 Å². The first-order chi connectivity index (χ1) is 10.4. The van der Waals surface area contributed by atoms with Crippen LogP contribution in [0.4, 0.5) is 0 Å². The lowest BCUT2D eigenvalue weighted by atomic mass is 9.91. The van der Waals surface area contributed by atoms with E-state index in [1.165, 1.54) is 14.2 Å². The smallest absolute Gasteiger partial charge is 0.307 e. The van der Waals surface area contributed by atoms with Crippen LogP contribution in [0.1, 0.15) is 66.7 Å². The summed E-state index contributed by atoms with van der Waals surface area (Å²) in [6.07, 6.45) is 3.20. The van der Waals surface area contributed by atoms with Crippen molar-refractivity contribution >= 4 is 24.1 Å². The van der Waals surface area contributed by atoms with E-state index in [1.807, 2.05) is 27.7 Å². The molecule has 0 aliphatic rings. The zero-order valence-corrected chi connectivity index (χ0v) is 17.1. The molecule has 0 fully saturated rings. The molecule has 0 saturated carbocycles. The molecule has 0 heterocycles. The van der Waals surface area contributed by atoms with Crippen LogP contribution in [0.2, 0.25) is 0 Å². The summed E-state index contributed by atoms with van der Waals surface area (Å²) >= 11 is 0. The van der Waals surface area contributed by atoms with E-state index in [4.69, 9.17) is 9.05 Å². The number of carbonyl (C=O) groups is 1. The Morgan fingerprint density at radius 2 is 1.65 bits per heavy atom. The summed E-state index contributed by atoms with van der Waals surface area (Å²) < 4.78 is 36.7. The molecule has 0 radical (unpaired) electrons. The molecule has 1 unspecified atom stereocenters. The first-order valence-corrected chi connectivity index (χ1v) is 10.6. The Labute approximate surface area is 143 Å². The zero-order chi connectivity index (χ0) is 18.3. The fourth-order valence-corrected chi connectivity index (χ4v) is 3.87. The molecule has 0 aliphatic heterocycles. The molecular weight excluding hydrogens is 337 g/mol. The van der Waals surface area contributed by atoms with E-state index in [0.29, 0.717) is 6.42 Å². The van der Waals surface area contributed by atoms with Gasteiger partial charge in [0.2, 0.25) is 5.52 Å². The van der Waals surface area contributed by atoms with Crippen LogP contribution in [0, 0.1) is 0 Å². The normalized spacial score (nSPS) is 16.8. The van der Waals surface area contributed by atoms with E-state index in [9.17, 15) is 13.6 Å².